The molecule has 2 rings (SSSR count). The van der Waals surface area contributed by atoms with Crippen LogP contribution in [0.25, 0.3) is 11.0 Å². The second-order valence-corrected chi connectivity index (χ2v) is 2.89. The SMILES string of the molecule is Cc1c(C(N)=O)[nH]c2cccnc12. The van der Waals surface area contributed by atoms with Gasteiger partial charge >= 0.3 is 0 Å². The average Bonchev–Trinajstić information content (AvgIpc) is 2.45. The van der Waals surface area contributed by atoms with E-state index >= 15 is 0 Å². The summed E-state index contributed by atoms with van der Waals surface area (Å²) in [5.41, 5.74) is 8.07. The van der Waals surface area contributed by atoms with E-state index in [0.717, 1.165) is 16.6 Å². The van der Waals surface area contributed by atoms with Crippen molar-refractivity contribution in [2.45, 2.75) is 6.92 Å². The van der Waals surface area contributed by atoms with Crippen LogP contribution in [0, 0.1) is 6.92 Å². The van der Waals surface area contributed by atoms with Crippen LogP contribution in [0.4, 0.5) is 0 Å². The van der Waals surface area contributed by atoms with Crippen LogP contribution in [0.5, 0.6) is 0 Å². The first-order valence-corrected chi connectivity index (χ1v) is 3.93. The largest absolute Gasteiger partial charge is 0.364 e. The Kier molecular flexibility index (Phi) is 1.55. The number of hydrogen-bond donors (Lipinski definition) is 2. The highest BCUT2D eigenvalue weighted by Gasteiger charge is 2.11. The molecule has 1 amide bonds. The summed E-state index contributed by atoms with van der Waals surface area (Å²) in [5.74, 6) is -0.449. The third kappa shape index (κ3) is 1.07. The number of H-pyrrole nitrogens is 1. The Hall–Kier alpha value is -1.84. The Balaban J connectivity index is 2.81. The Morgan fingerprint density at radius 3 is 3.00 bits per heavy atom. The molecule has 0 spiro atoms. The van der Waals surface area contributed by atoms with E-state index in [1.165, 1.54) is 0 Å². The lowest BCUT2D eigenvalue weighted by molar-refractivity contribution is 0.0996. The van der Waals surface area contributed by atoms with Crippen molar-refractivity contribution in [3.8, 4) is 0 Å². The number of hydrogen-bond acceptors (Lipinski definition) is 2. The van der Waals surface area contributed by atoms with Gasteiger partial charge in [0, 0.05) is 11.8 Å². The highest BCUT2D eigenvalue weighted by Crippen LogP contribution is 2.17. The van der Waals surface area contributed by atoms with Gasteiger partial charge in [-0.05, 0) is 19.1 Å². The lowest BCUT2D eigenvalue weighted by Gasteiger charge is -1.90. The lowest BCUT2D eigenvalue weighted by atomic mass is 10.2. The van der Waals surface area contributed by atoms with Crippen LogP contribution in [-0.4, -0.2) is 15.9 Å². The molecule has 0 atom stereocenters. The Bertz CT molecular complexity index is 473. The first-order chi connectivity index (χ1) is 6.20. The number of fused-ring (bicyclic) bond motifs is 1. The maximum Gasteiger partial charge on any atom is 0.265 e. The molecule has 0 aliphatic carbocycles. The number of aromatic nitrogens is 2. The van der Waals surface area contributed by atoms with Crippen molar-refractivity contribution < 1.29 is 4.79 Å². The monoisotopic (exact) mass is 175 g/mol. The summed E-state index contributed by atoms with van der Waals surface area (Å²) in [5, 5.41) is 0. The summed E-state index contributed by atoms with van der Waals surface area (Å²) < 4.78 is 0. The molecule has 0 radical (unpaired) electrons. The molecular formula is C9H9N3O. The van der Waals surface area contributed by atoms with E-state index in [-0.39, 0.29) is 0 Å². The zero-order valence-corrected chi connectivity index (χ0v) is 7.16. The molecule has 0 aliphatic heterocycles. The standard InChI is InChI=1S/C9H9N3O/c1-5-7-6(3-2-4-11-7)12-8(5)9(10)13/h2-4,12H,1H3,(H2,10,13). The highest BCUT2D eigenvalue weighted by molar-refractivity contribution is 5.98. The van der Waals surface area contributed by atoms with Crippen LogP contribution in [0.15, 0.2) is 18.3 Å². The molecule has 3 N–H and O–H groups in total. The summed E-state index contributed by atoms with van der Waals surface area (Å²) in [6.45, 7) is 1.83. The van der Waals surface area contributed by atoms with Crippen molar-refractivity contribution in [3.63, 3.8) is 0 Å². The summed E-state index contributed by atoms with van der Waals surface area (Å²) in [6.07, 6.45) is 1.69. The van der Waals surface area contributed by atoms with Crippen LogP contribution in [0.2, 0.25) is 0 Å². The first-order valence-electron chi connectivity index (χ1n) is 3.93. The predicted molar refractivity (Wildman–Crippen MR) is 49.3 cm³/mol. The number of nitrogens with one attached hydrogen (secondary N) is 1. The molecule has 4 nitrogen and oxygen atoms in total. The number of aryl methyl sites for hydroxylation is 1. The zero-order valence-electron chi connectivity index (χ0n) is 7.16. The summed E-state index contributed by atoms with van der Waals surface area (Å²) in [4.78, 5) is 18.0. The van der Waals surface area contributed by atoms with E-state index < -0.39 is 5.91 Å². The minimum atomic E-state index is -0.449. The number of rotatable bonds is 1. The first kappa shape index (κ1) is 7.79. The van der Waals surface area contributed by atoms with Gasteiger partial charge in [0.05, 0.1) is 11.0 Å². The van der Waals surface area contributed by atoms with Gasteiger partial charge in [-0.1, -0.05) is 0 Å². The van der Waals surface area contributed by atoms with E-state index in [0.29, 0.717) is 5.69 Å². The maximum atomic E-state index is 11.0. The number of nitrogens with two attached hydrogens (primary N) is 1. The van der Waals surface area contributed by atoms with Crippen LogP contribution < -0.4 is 5.73 Å². The minimum absolute atomic E-state index is 0.439. The van der Waals surface area contributed by atoms with E-state index in [1.807, 2.05) is 19.1 Å². The molecule has 0 bridgehead atoms. The summed E-state index contributed by atoms with van der Waals surface area (Å²) in [6, 6.07) is 3.67. The molecule has 13 heavy (non-hydrogen) atoms. The van der Waals surface area contributed by atoms with Gasteiger partial charge < -0.3 is 10.7 Å². The molecule has 4 heteroatoms. The van der Waals surface area contributed by atoms with Gasteiger partial charge in [-0.15, -0.1) is 0 Å². The fourth-order valence-electron chi connectivity index (χ4n) is 1.40. The zero-order chi connectivity index (χ0) is 9.42. The van der Waals surface area contributed by atoms with E-state index in [4.69, 9.17) is 5.73 Å². The van der Waals surface area contributed by atoms with Gasteiger partial charge in [0.25, 0.3) is 5.91 Å². The summed E-state index contributed by atoms with van der Waals surface area (Å²) >= 11 is 0. The van der Waals surface area contributed by atoms with Crippen molar-refractivity contribution in [2.75, 3.05) is 0 Å². The fraction of sp³-hybridized carbons (Fsp3) is 0.111. The van der Waals surface area contributed by atoms with Crippen LogP contribution >= 0.6 is 0 Å². The molecule has 2 aromatic rings. The fourth-order valence-corrected chi connectivity index (χ4v) is 1.40. The number of primary amides is 1. The van der Waals surface area contributed by atoms with Crippen LogP contribution in [-0.2, 0) is 0 Å². The molecule has 0 aromatic carbocycles. The Labute approximate surface area is 74.8 Å². The molecule has 66 valence electrons. The Morgan fingerprint density at radius 1 is 1.62 bits per heavy atom. The van der Waals surface area contributed by atoms with Gasteiger partial charge in [-0.3, -0.25) is 9.78 Å². The van der Waals surface area contributed by atoms with Gasteiger partial charge in [0.1, 0.15) is 5.69 Å². The third-order valence-electron chi connectivity index (χ3n) is 2.04. The normalized spacial score (nSPS) is 10.5. The number of aromatic amines is 1. The second-order valence-electron chi connectivity index (χ2n) is 2.89. The van der Waals surface area contributed by atoms with Crippen molar-refractivity contribution >= 4 is 16.9 Å². The predicted octanol–water partition coefficient (Wildman–Crippen LogP) is 0.970. The van der Waals surface area contributed by atoms with Crippen LogP contribution in [0.3, 0.4) is 0 Å². The topological polar surface area (TPSA) is 71.8 Å². The van der Waals surface area contributed by atoms with Gasteiger partial charge in [-0.2, -0.15) is 0 Å². The molecule has 0 saturated heterocycles. The van der Waals surface area contributed by atoms with Crippen molar-refractivity contribution in [2.24, 2.45) is 5.73 Å². The second kappa shape index (κ2) is 2.58. The van der Waals surface area contributed by atoms with Gasteiger partial charge in [-0.25, -0.2) is 0 Å². The Morgan fingerprint density at radius 2 is 2.38 bits per heavy atom. The molecule has 0 aliphatic rings. The molecule has 0 fully saturated rings. The lowest BCUT2D eigenvalue weighted by Crippen LogP contribution is -2.12. The van der Waals surface area contributed by atoms with Gasteiger partial charge in [0.15, 0.2) is 0 Å². The minimum Gasteiger partial charge on any atom is -0.364 e. The van der Waals surface area contributed by atoms with Gasteiger partial charge in [0.2, 0.25) is 0 Å². The summed E-state index contributed by atoms with van der Waals surface area (Å²) in [7, 11) is 0. The third-order valence-corrected chi connectivity index (χ3v) is 2.04. The van der Waals surface area contributed by atoms with Crippen LogP contribution in [0.1, 0.15) is 16.1 Å². The smallest absolute Gasteiger partial charge is 0.265 e. The number of carbonyl (C=O) groups excluding carboxylic acids is 1. The molecular weight excluding hydrogens is 166 g/mol. The van der Waals surface area contributed by atoms with Crippen molar-refractivity contribution in [1.82, 2.24) is 9.97 Å². The molecule has 2 heterocycles. The average molecular weight is 175 g/mol. The van der Waals surface area contributed by atoms with Crippen molar-refractivity contribution in [3.05, 3.63) is 29.6 Å². The van der Waals surface area contributed by atoms with E-state index in [9.17, 15) is 4.79 Å². The molecule has 0 saturated carbocycles. The number of carbonyl (C=O) groups is 1. The quantitative estimate of drug-likeness (QED) is 0.677. The van der Waals surface area contributed by atoms with E-state index in [1.54, 1.807) is 6.20 Å². The van der Waals surface area contributed by atoms with Crippen molar-refractivity contribution in [1.29, 1.82) is 0 Å². The maximum absolute atomic E-state index is 11.0. The molecule has 0 unspecified atom stereocenters. The van der Waals surface area contributed by atoms with E-state index in [2.05, 4.69) is 9.97 Å². The number of pyridine rings is 1. The molecule has 2 aromatic heterocycles. The number of nitrogens with zero attached hydrogens (tertiary/aromatic N) is 1. The highest BCUT2D eigenvalue weighted by atomic mass is 16.1. The number of amides is 1.